The Morgan fingerprint density at radius 2 is 2.27 bits per heavy atom. The molecule has 5 nitrogen and oxygen atoms in total. The zero-order valence-electron chi connectivity index (χ0n) is 8.56. The Kier molecular flexibility index (Phi) is 3.52. The highest BCUT2D eigenvalue weighted by molar-refractivity contribution is 7.90. The molecule has 0 aliphatic rings. The molecule has 0 spiro atoms. The van der Waals surface area contributed by atoms with Crippen molar-refractivity contribution in [1.29, 1.82) is 0 Å². The Bertz CT molecular complexity index is 421. The van der Waals surface area contributed by atoms with Crippen molar-refractivity contribution in [3.05, 3.63) is 24.2 Å². The molecule has 0 aromatic carbocycles. The monoisotopic (exact) mass is 231 g/mol. The van der Waals surface area contributed by atoms with Gasteiger partial charge in [-0.05, 0) is 19.4 Å². The fourth-order valence-corrected chi connectivity index (χ4v) is 1.92. The second-order valence-electron chi connectivity index (χ2n) is 3.21. The highest BCUT2D eigenvalue weighted by atomic mass is 32.2. The van der Waals surface area contributed by atoms with Crippen LogP contribution in [0.4, 0.5) is 0 Å². The second-order valence-corrected chi connectivity index (χ2v) is 5.31. The van der Waals surface area contributed by atoms with E-state index in [9.17, 15) is 13.2 Å². The van der Waals surface area contributed by atoms with Crippen LogP contribution in [0, 0.1) is 0 Å². The molecule has 0 unspecified atom stereocenters. The molecule has 1 heterocycles. The minimum absolute atomic E-state index is 0.196. The first kappa shape index (κ1) is 11.8. The molecule has 0 bridgehead atoms. The largest absolute Gasteiger partial charge is 0.472 e. The van der Waals surface area contributed by atoms with Crippen molar-refractivity contribution in [3.8, 4) is 0 Å². The molecule has 0 radical (unpaired) electrons. The minimum Gasteiger partial charge on any atom is -0.472 e. The number of hydrogen-bond acceptors (Lipinski definition) is 4. The van der Waals surface area contributed by atoms with Crippen LogP contribution < -0.4 is 4.72 Å². The molecule has 1 aromatic heterocycles. The second kappa shape index (κ2) is 4.48. The van der Waals surface area contributed by atoms with Crippen LogP contribution in [0.25, 0.3) is 0 Å². The summed E-state index contributed by atoms with van der Waals surface area (Å²) in [5.41, 5.74) is 0.196. The Labute approximate surface area is 88.5 Å². The molecule has 0 saturated carbocycles. The van der Waals surface area contributed by atoms with Gasteiger partial charge in [-0.3, -0.25) is 4.79 Å². The van der Waals surface area contributed by atoms with Crippen molar-refractivity contribution in [3.63, 3.8) is 0 Å². The summed E-state index contributed by atoms with van der Waals surface area (Å²) in [4.78, 5) is 11.4. The zero-order valence-corrected chi connectivity index (χ0v) is 9.37. The summed E-state index contributed by atoms with van der Waals surface area (Å²) in [6.07, 6.45) is 2.96. The first-order valence-corrected chi connectivity index (χ1v) is 6.10. The van der Waals surface area contributed by atoms with Gasteiger partial charge in [-0.15, -0.1) is 0 Å². The lowest BCUT2D eigenvalue weighted by Gasteiger charge is -2.10. The number of amides is 1. The standard InChI is InChI=1S/C9H13NO4S/c1-3-7(2)15(12,13)10-9(11)8-4-5-14-6-8/h4-7H,3H2,1-2H3,(H,10,11)/t7-/m1/s1. The molecule has 1 rings (SSSR count). The number of rotatable bonds is 4. The SMILES string of the molecule is CC[C@@H](C)S(=O)(=O)NC(=O)c1ccoc1. The number of carbonyl (C=O) groups excluding carboxylic acids is 1. The number of furan rings is 1. The Hall–Kier alpha value is -1.30. The third-order valence-corrected chi connectivity index (χ3v) is 3.99. The number of carbonyl (C=O) groups is 1. The van der Waals surface area contributed by atoms with E-state index in [1.54, 1.807) is 13.8 Å². The van der Waals surface area contributed by atoms with E-state index in [0.29, 0.717) is 6.42 Å². The van der Waals surface area contributed by atoms with Gasteiger partial charge in [-0.2, -0.15) is 0 Å². The Morgan fingerprint density at radius 3 is 2.73 bits per heavy atom. The van der Waals surface area contributed by atoms with Gasteiger partial charge in [-0.1, -0.05) is 6.92 Å². The van der Waals surface area contributed by atoms with Gasteiger partial charge in [0.1, 0.15) is 6.26 Å². The predicted octanol–water partition coefficient (Wildman–Crippen LogP) is 1.14. The number of nitrogens with one attached hydrogen (secondary N) is 1. The van der Waals surface area contributed by atoms with Crippen molar-refractivity contribution in [2.45, 2.75) is 25.5 Å². The maximum Gasteiger partial charge on any atom is 0.267 e. The topological polar surface area (TPSA) is 76.4 Å². The highest BCUT2D eigenvalue weighted by Gasteiger charge is 2.22. The van der Waals surface area contributed by atoms with Gasteiger partial charge in [0.15, 0.2) is 0 Å². The van der Waals surface area contributed by atoms with Crippen LogP contribution >= 0.6 is 0 Å². The van der Waals surface area contributed by atoms with E-state index in [1.165, 1.54) is 18.6 Å². The van der Waals surface area contributed by atoms with E-state index in [-0.39, 0.29) is 5.56 Å². The molecular weight excluding hydrogens is 218 g/mol. The van der Waals surface area contributed by atoms with E-state index in [0.717, 1.165) is 0 Å². The lowest BCUT2D eigenvalue weighted by molar-refractivity contribution is 0.0980. The molecule has 1 atom stereocenters. The van der Waals surface area contributed by atoms with E-state index in [2.05, 4.69) is 4.42 Å². The molecular formula is C9H13NO4S. The fraction of sp³-hybridized carbons (Fsp3) is 0.444. The van der Waals surface area contributed by atoms with Gasteiger partial charge in [0.25, 0.3) is 5.91 Å². The van der Waals surface area contributed by atoms with Crippen molar-refractivity contribution >= 4 is 15.9 Å². The Morgan fingerprint density at radius 1 is 1.60 bits per heavy atom. The van der Waals surface area contributed by atoms with Gasteiger partial charge >= 0.3 is 0 Å². The quantitative estimate of drug-likeness (QED) is 0.843. The number of sulfonamides is 1. The van der Waals surface area contributed by atoms with E-state index >= 15 is 0 Å². The van der Waals surface area contributed by atoms with Crippen molar-refractivity contribution < 1.29 is 17.6 Å². The molecule has 0 aliphatic carbocycles. The van der Waals surface area contributed by atoms with Crippen LogP contribution in [0.3, 0.4) is 0 Å². The average molecular weight is 231 g/mol. The van der Waals surface area contributed by atoms with Gasteiger partial charge < -0.3 is 4.42 Å². The summed E-state index contributed by atoms with van der Waals surface area (Å²) in [6.45, 7) is 3.29. The highest BCUT2D eigenvalue weighted by Crippen LogP contribution is 2.05. The van der Waals surface area contributed by atoms with Crippen LogP contribution in [0.2, 0.25) is 0 Å². The minimum atomic E-state index is -3.58. The molecule has 0 aliphatic heterocycles. The van der Waals surface area contributed by atoms with E-state index < -0.39 is 21.2 Å². The molecule has 84 valence electrons. The average Bonchev–Trinajstić information content (AvgIpc) is 2.68. The fourth-order valence-electron chi connectivity index (χ4n) is 0.902. The summed E-state index contributed by atoms with van der Waals surface area (Å²) in [7, 11) is -3.58. The van der Waals surface area contributed by atoms with Gasteiger partial charge in [0, 0.05) is 0 Å². The number of hydrogen-bond donors (Lipinski definition) is 1. The van der Waals surface area contributed by atoms with Crippen LogP contribution in [-0.4, -0.2) is 19.6 Å². The van der Waals surface area contributed by atoms with Crippen molar-refractivity contribution in [2.24, 2.45) is 0 Å². The Balaban J connectivity index is 2.75. The van der Waals surface area contributed by atoms with E-state index in [1.807, 2.05) is 4.72 Å². The third-order valence-electron chi connectivity index (χ3n) is 2.12. The molecule has 0 fully saturated rings. The molecule has 1 aromatic rings. The molecule has 15 heavy (non-hydrogen) atoms. The van der Waals surface area contributed by atoms with Crippen LogP contribution in [-0.2, 0) is 10.0 Å². The van der Waals surface area contributed by atoms with Gasteiger partial charge in [0.2, 0.25) is 10.0 Å². The van der Waals surface area contributed by atoms with Gasteiger partial charge in [-0.25, -0.2) is 13.1 Å². The summed E-state index contributed by atoms with van der Waals surface area (Å²) >= 11 is 0. The van der Waals surface area contributed by atoms with Crippen LogP contribution in [0.5, 0.6) is 0 Å². The molecule has 1 N–H and O–H groups in total. The van der Waals surface area contributed by atoms with Crippen LogP contribution in [0.1, 0.15) is 30.6 Å². The smallest absolute Gasteiger partial charge is 0.267 e. The normalized spacial score (nSPS) is 13.5. The van der Waals surface area contributed by atoms with Crippen molar-refractivity contribution in [1.82, 2.24) is 4.72 Å². The lowest BCUT2D eigenvalue weighted by Crippen LogP contribution is -2.36. The van der Waals surface area contributed by atoms with Crippen molar-refractivity contribution in [2.75, 3.05) is 0 Å². The first-order valence-electron chi connectivity index (χ1n) is 4.55. The maximum atomic E-state index is 11.5. The first-order chi connectivity index (χ1) is 6.97. The molecule has 0 saturated heterocycles. The molecule has 1 amide bonds. The maximum absolute atomic E-state index is 11.5. The van der Waals surface area contributed by atoms with Gasteiger partial charge in [0.05, 0.1) is 17.1 Å². The van der Waals surface area contributed by atoms with E-state index in [4.69, 9.17) is 0 Å². The van der Waals surface area contributed by atoms with Crippen LogP contribution in [0.15, 0.2) is 23.0 Å². The lowest BCUT2D eigenvalue weighted by atomic mass is 10.3. The summed E-state index contributed by atoms with van der Waals surface area (Å²) in [5, 5.41) is -0.589. The summed E-state index contributed by atoms with van der Waals surface area (Å²) in [6, 6.07) is 1.40. The zero-order chi connectivity index (χ0) is 11.5. The summed E-state index contributed by atoms with van der Waals surface area (Å²) in [5.74, 6) is -0.663. The molecule has 6 heteroatoms. The predicted molar refractivity (Wildman–Crippen MR) is 54.8 cm³/mol. The summed E-state index contributed by atoms with van der Waals surface area (Å²) < 4.78 is 29.7. The third kappa shape index (κ3) is 2.82.